The van der Waals surface area contributed by atoms with Gasteiger partial charge in [-0.25, -0.2) is 0 Å². The SMILES string of the molecule is CCOc1c(/C(C)=C/C(=O)NCCCOC(C)C)cc2c(-c3ccc(Cl)cc3)coc2c1C. The lowest BCUT2D eigenvalue weighted by molar-refractivity contribution is -0.116. The predicted molar refractivity (Wildman–Crippen MR) is 135 cm³/mol. The van der Waals surface area contributed by atoms with Crippen molar-refractivity contribution in [2.75, 3.05) is 19.8 Å². The van der Waals surface area contributed by atoms with Crippen molar-refractivity contribution in [2.24, 2.45) is 0 Å². The number of benzene rings is 2. The van der Waals surface area contributed by atoms with Crippen LogP contribution < -0.4 is 10.1 Å². The van der Waals surface area contributed by atoms with Gasteiger partial charge >= 0.3 is 0 Å². The molecule has 0 bridgehead atoms. The van der Waals surface area contributed by atoms with Gasteiger partial charge < -0.3 is 19.2 Å². The average molecular weight is 470 g/mol. The van der Waals surface area contributed by atoms with Gasteiger partial charge in [-0.15, -0.1) is 0 Å². The van der Waals surface area contributed by atoms with Gasteiger partial charge in [-0.05, 0) is 70.4 Å². The van der Waals surface area contributed by atoms with Crippen molar-refractivity contribution >= 4 is 34.1 Å². The van der Waals surface area contributed by atoms with Crippen molar-refractivity contribution in [3.05, 3.63) is 58.8 Å². The number of carbonyl (C=O) groups excluding carboxylic acids is 1. The van der Waals surface area contributed by atoms with Crippen molar-refractivity contribution in [2.45, 2.75) is 47.1 Å². The van der Waals surface area contributed by atoms with E-state index in [1.165, 1.54) is 0 Å². The average Bonchev–Trinajstić information content (AvgIpc) is 3.20. The number of halogens is 1. The topological polar surface area (TPSA) is 60.7 Å². The van der Waals surface area contributed by atoms with E-state index in [2.05, 4.69) is 5.32 Å². The molecule has 2 aromatic carbocycles. The minimum atomic E-state index is -0.137. The zero-order chi connectivity index (χ0) is 24.0. The van der Waals surface area contributed by atoms with Gasteiger partial charge in [0.25, 0.3) is 0 Å². The molecule has 0 spiro atoms. The second-order valence-electron chi connectivity index (χ2n) is 8.24. The van der Waals surface area contributed by atoms with Gasteiger partial charge in [0.1, 0.15) is 11.3 Å². The Morgan fingerprint density at radius 3 is 2.64 bits per heavy atom. The molecule has 0 atom stereocenters. The molecule has 176 valence electrons. The quantitative estimate of drug-likeness (QED) is 0.262. The third-order valence-corrected chi connectivity index (χ3v) is 5.58. The molecular formula is C27H32ClNO4. The van der Waals surface area contributed by atoms with Crippen LogP contribution in [0.3, 0.4) is 0 Å². The smallest absolute Gasteiger partial charge is 0.244 e. The first-order valence-corrected chi connectivity index (χ1v) is 11.7. The lowest BCUT2D eigenvalue weighted by atomic mass is 9.96. The maximum absolute atomic E-state index is 12.5. The minimum Gasteiger partial charge on any atom is -0.493 e. The fourth-order valence-electron chi connectivity index (χ4n) is 3.72. The number of furan rings is 1. The summed E-state index contributed by atoms with van der Waals surface area (Å²) in [6.45, 7) is 11.5. The van der Waals surface area contributed by atoms with E-state index in [0.717, 1.165) is 51.0 Å². The Morgan fingerprint density at radius 2 is 1.97 bits per heavy atom. The zero-order valence-corrected chi connectivity index (χ0v) is 20.7. The van der Waals surface area contributed by atoms with Gasteiger partial charge in [-0.3, -0.25) is 4.79 Å². The molecule has 0 aliphatic rings. The highest BCUT2D eigenvalue weighted by Crippen LogP contribution is 2.40. The van der Waals surface area contributed by atoms with Crippen LogP contribution in [-0.2, 0) is 9.53 Å². The molecule has 3 rings (SSSR count). The number of allylic oxidation sites excluding steroid dienone is 1. The molecule has 0 radical (unpaired) electrons. The van der Waals surface area contributed by atoms with E-state index in [0.29, 0.717) is 24.8 Å². The number of ether oxygens (including phenoxy) is 2. The molecule has 0 unspecified atom stereocenters. The highest BCUT2D eigenvalue weighted by molar-refractivity contribution is 6.30. The molecule has 0 fully saturated rings. The highest BCUT2D eigenvalue weighted by Gasteiger charge is 2.19. The van der Waals surface area contributed by atoms with Gasteiger partial charge in [0.15, 0.2) is 0 Å². The van der Waals surface area contributed by atoms with E-state index < -0.39 is 0 Å². The van der Waals surface area contributed by atoms with Crippen LogP contribution >= 0.6 is 11.6 Å². The van der Waals surface area contributed by atoms with Crippen LogP contribution in [0.25, 0.3) is 27.7 Å². The Hall–Kier alpha value is -2.76. The molecule has 6 heteroatoms. The Morgan fingerprint density at radius 1 is 1.24 bits per heavy atom. The molecule has 3 aromatic rings. The molecule has 0 aliphatic carbocycles. The van der Waals surface area contributed by atoms with Crippen molar-refractivity contribution in [3.8, 4) is 16.9 Å². The molecule has 0 saturated heterocycles. The van der Waals surface area contributed by atoms with Gasteiger partial charge in [-0.1, -0.05) is 23.7 Å². The first kappa shape index (κ1) is 24.9. The predicted octanol–water partition coefficient (Wildman–Crippen LogP) is 6.79. The fourth-order valence-corrected chi connectivity index (χ4v) is 3.85. The second-order valence-corrected chi connectivity index (χ2v) is 8.67. The Labute approximate surface area is 200 Å². The summed E-state index contributed by atoms with van der Waals surface area (Å²) in [7, 11) is 0. The lowest BCUT2D eigenvalue weighted by Gasteiger charge is -2.15. The van der Waals surface area contributed by atoms with Crippen molar-refractivity contribution in [3.63, 3.8) is 0 Å². The van der Waals surface area contributed by atoms with E-state index in [9.17, 15) is 4.79 Å². The normalized spacial score (nSPS) is 11.9. The molecule has 0 aliphatic heterocycles. The number of carbonyl (C=O) groups is 1. The molecule has 33 heavy (non-hydrogen) atoms. The summed E-state index contributed by atoms with van der Waals surface area (Å²) >= 11 is 6.06. The van der Waals surface area contributed by atoms with Crippen LogP contribution in [0.15, 0.2) is 47.1 Å². The highest BCUT2D eigenvalue weighted by atomic mass is 35.5. The number of aryl methyl sites for hydroxylation is 1. The zero-order valence-electron chi connectivity index (χ0n) is 20.0. The van der Waals surface area contributed by atoms with Gasteiger partial charge in [0.2, 0.25) is 5.91 Å². The largest absolute Gasteiger partial charge is 0.493 e. The van der Waals surface area contributed by atoms with Gasteiger partial charge in [0.05, 0.1) is 19.0 Å². The standard InChI is InChI=1S/C27H32ClNO4/c1-6-31-26-19(5)27-23(24(16-33-27)20-8-10-21(28)11-9-20)15-22(26)18(4)14-25(30)29-12-7-13-32-17(2)3/h8-11,14-17H,6-7,12-13H2,1-5H3,(H,29,30)/b18-14+. The van der Waals surface area contributed by atoms with Crippen LogP contribution in [0.2, 0.25) is 5.02 Å². The van der Waals surface area contributed by atoms with E-state index >= 15 is 0 Å². The summed E-state index contributed by atoms with van der Waals surface area (Å²) in [4.78, 5) is 12.5. The second kappa shape index (κ2) is 11.4. The summed E-state index contributed by atoms with van der Waals surface area (Å²) in [6.07, 6.45) is 4.34. The number of hydrogen-bond donors (Lipinski definition) is 1. The third kappa shape index (κ3) is 6.18. The van der Waals surface area contributed by atoms with Crippen LogP contribution in [0.5, 0.6) is 5.75 Å². The molecule has 1 amide bonds. The Kier molecular flexibility index (Phi) is 8.59. The number of hydrogen-bond acceptors (Lipinski definition) is 4. The number of nitrogens with one attached hydrogen (secondary N) is 1. The lowest BCUT2D eigenvalue weighted by Crippen LogP contribution is -2.23. The molecule has 1 heterocycles. The summed E-state index contributed by atoms with van der Waals surface area (Å²) in [5, 5.41) is 4.58. The van der Waals surface area contributed by atoms with Crippen LogP contribution in [0, 0.1) is 6.92 Å². The Bertz CT molecular complexity index is 1130. The minimum absolute atomic E-state index is 0.137. The van der Waals surface area contributed by atoms with E-state index in [-0.39, 0.29) is 12.0 Å². The Balaban J connectivity index is 1.92. The van der Waals surface area contributed by atoms with Crippen LogP contribution in [-0.4, -0.2) is 31.8 Å². The fraction of sp³-hybridized carbons (Fsp3) is 0.370. The maximum Gasteiger partial charge on any atom is 0.244 e. The van der Waals surface area contributed by atoms with Crippen molar-refractivity contribution in [1.82, 2.24) is 5.32 Å². The first-order chi connectivity index (χ1) is 15.8. The monoisotopic (exact) mass is 469 g/mol. The van der Waals surface area contributed by atoms with Crippen LogP contribution in [0.1, 0.15) is 45.2 Å². The molecule has 1 N–H and O–H groups in total. The van der Waals surface area contributed by atoms with Crippen molar-refractivity contribution in [1.29, 1.82) is 0 Å². The summed E-state index contributed by atoms with van der Waals surface area (Å²) in [5.41, 5.74) is 5.35. The maximum atomic E-state index is 12.5. The van der Waals surface area contributed by atoms with E-state index in [1.54, 1.807) is 12.3 Å². The van der Waals surface area contributed by atoms with Gasteiger partial charge in [0, 0.05) is 46.3 Å². The van der Waals surface area contributed by atoms with Crippen molar-refractivity contribution < 1.29 is 18.7 Å². The van der Waals surface area contributed by atoms with E-state index in [4.69, 9.17) is 25.5 Å². The first-order valence-electron chi connectivity index (χ1n) is 11.3. The third-order valence-electron chi connectivity index (χ3n) is 5.33. The molecule has 5 nitrogen and oxygen atoms in total. The number of amides is 1. The number of rotatable bonds is 10. The molecule has 0 saturated carbocycles. The summed E-state index contributed by atoms with van der Waals surface area (Å²) in [5.74, 6) is 0.594. The van der Waals surface area contributed by atoms with E-state index in [1.807, 2.05) is 65.0 Å². The number of fused-ring (bicyclic) bond motifs is 1. The molecule has 1 aromatic heterocycles. The molecular weight excluding hydrogens is 438 g/mol. The summed E-state index contributed by atoms with van der Waals surface area (Å²) < 4.78 is 17.4. The summed E-state index contributed by atoms with van der Waals surface area (Å²) in [6, 6.07) is 9.70. The van der Waals surface area contributed by atoms with Gasteiger partial charge in [-0.2, -0.15) is 0 Å². The van der Waals surface area contributed by atoms with Crippen LogP contribution in [0.4, 0.5) is 0 Å².